The summed E-state index contributed by atoms with van der Waals surface area (Å²) in [7, 11) is 3.37. The van der Waals surface area contributed by atoms with Crippen molar-refractivity contribution < 1.29 is 13.9 Å². The first-order valence-corrected chi connectivity index (χ1v) is 11.7. The van der Waals surface area contributed by atoms with Gasteiger partial charge in [-0.2, -0.15) is 0 Å². The number of nitrogens with zero attached hydrogens (tertiary/aromatic N) is 4. The highest BCUT2D eigenvalue weighted by atomic mass is 32.2. The number of ether oxygens (including phenoxy) is 1. The molecule has 0 bridgehead atoms. The van der Waals surface area contributed by atoms with Gasteiger partial charge in [-0.25, -0.2) is 4.39 Å². The zero-order valence-corrected chi connectivity index (χ0v) is 19.2. The summed E-state index contributed by atoms with van der Waals surface area (Å²) in [5.74, 6) is 0.886. The molecule has 4 rings (SSSR count). The van der Waals surface area contributed by atoms with Crippen molar-refractivity contribution in [2.45, 2.75) is 11.7 Å². The maximum Gasteiger partial charge on any atom is 0.237 e. The lowest BCUT2D eigenvalue weighted by atomic mass is 10.2. The van der Waals surface area contributed by atoms with Crippen LogP contribution in [0.15, 0.2) is 71.2 Å². The van der Waals surface area contributed by atoms with Crippen LogP contribution in [0.25, 0.3) is 11.4 Å². The summed E-state index contributed by atoms with van der Waals surface area (Å²) in [5.41, 5.74) is 1.16. The molecule has 2 heterocycles. The fourth-order valence-corrected chi connectivity index (χ4v) is 4.65. The second kappa shape index (κ2) is 9.97. The predicted octanol–water partition coefficient (Wildman–Crippen LogP) is 5.02. The van der Waals surface area contributed by atoms with Crippen LogP contribution in [0.1, 0.15) is 4.88 Å². The van der Waals surface area contributed by atoms with Crippen molar-refractivity contribution in [3.63, 3.8) is 0 Å². The van der Waals surface area contributed by atoms with Gasteiger partial charge in [-0.05, 0) is 47.8 Å². The Morgan fingerprint density at radius 2 is 1.91 bits per heavy atom. The number of anilines is 1. The lowest BCUT2D eigenvalue weighted by Gasteiger charge is -2.22. The molecule has 6 nitrogen and oxygen atoms in total. The summed E-state index contributed by atoms with van der Waals surface area (Å²) in [6, 6.07) is 17.8. The van der Waals surface area contributed by atoms with Crippen LogP contribution in [0.5, 0.6) is 5.75 Å². The molecule has 0 saturated heterocycles. The molecule has 9 heteroatoms. The van der Waals surface area contributed by atoms with Gasteiger partial charge in [0.1, 0.15) is 11.6 Å². The second-order valence-corrected chi connectivity index (χ2v) is 8.87. The first-order valence-electron chi connectivity index (χ1n) is 9.80. The second-order valence-electron chi connectivity index (χ2n) is 6.89. The summed E-state index contributed by atoms with van der Waals surface area (Å²) in [6.07, 6.45) is 0. The maximum absolute atomic E-state index is 14.1. The third kappa shape index (κ3) is 4.84. The number of hydrogen-bond acceptors (Lipinski definition) is 6. The van der Waals surface area contributed by atoms with E-state index in [2.05, 4.69) is 10.2 Å². The molecule has 0 unspecified atom stereocenters. The van der Waals surface area contributed by atoms with Crippen molar-refractivity contribution in [3.05, 3.63) is 76.7 Å². The van der Waals surface area contributed by atoms with E-state index in [1.54, 1.807) is 53.2 Å². The molecule has 0 fully saturated rings. The van der Waals surface area contributed by atoms with Crippen LogP contribution in [-0.4, -0.2) is 33.5 Å². The lowest BCUT2D eigenvalue weighted by Crippen LogP contribution is -2.31. The lowest BCUT2D eigenvalue weighted by molar-refractivity contribution is -0.116. The molecule has 32 heavy (non-hydrogen) atoms. The maximum atomic E-state index is 14.1. The zero-order valence-electron chi connectivity index (χ0n) is 17.6. The van der Waals surface area contributed by atoms with Crippen molar-refractivity contribution in [1.29, 1.82) is 0 Å². The molecule has 0 atom stereocenters. The molecule has 164 valence electrons. The molecule has 0 aliphatic heterocycles. The molecule has 4 aromatic rings. The van der Waals surface area contributed by atoms with Crippen molar-refractivity contribution >= 4 is 34.7 Å². The Bertz CT molecular complexity index is 1190. The first kappa shape index (κ1) is 22.0. The molecule has 0 radical (unpaired) electrons. The SMILES string of the molecule is COc1ccc(N(Cc2cccs2)C(=O)CSc2nnc(-c3ccccc3F)n2C)cc1. The van der Waals surface area contributed by atoms with Crippen LogP contribution in [0.4, 0.5) is 10.1 Å². The smallest absolute Gasteiger partial charge is 0.237 e. The van der Waals surface area contributed by atoms with E-state index in [4.69, 9.17) is 4.74 Å². The molecule has 0 spiro atoms. The molecule has 0 aliphatic carbocycles. The molecule has 2 aromatic carbocycles. The van der Waals surface area contributed by atoms with Crippen LogP contribution >= 0.6 is 23.1 Å². The van der Waals surface area contributed by atoms with Gasteiger partial charge in [0.05, 0.1) is 25.0 Å². The van der Waals surface area contributed by atoms with Crippen molar-refractivity contribution in [2.75, 3.05) is 17.8 Å². The van der Waals surface area contributed by atoms with E-state index in [1.165, 1.54) is 17.8 Å². The highest BCUT2D eigenvalue weighted by molar-refractivity contribution is 7.99. The van der Waals surface area contributed by atoms with Crippen molar-refractivity contribution in [3.8, 4) is 17.1 Å². The van der Waals surface area contributed by atoms with E-state index < -0.39 is 0 Å². The number of aromatic nitrogens is 3. The standard InChI is InChI=1S/C23H21FN4O2S2/c1-27-22(19-7-3-4-8-20(19)24)25-26-23(27)32-15-21(29)28(14-18-6-5-13-31-18)16-9-11-17(30-2)12-10-16/h3-13H,14-15H2,1-2H3. The van der Waals surface area contributed by atoms with Gasteiger partial charge in [0.15, 0.2) is 11.0 Å². The number of benzene rings is 2. The van der Waals surface area contributed by atoms with E-state index in [0.29, 0.717) is 23.1 Å². The van der Waals surface area contributed by atoms with Gasteiger partial charge in [-0.1, -0.05) is 30.0 Å². The number of carbonyl (C=O) groups is 1. The number of thioether (sulfide) groups is 1. The fraction of sp³-hybridized carbons (Fsp3) is 0.174. The Morgan fingerprint density at radius 3 is 2.59 bits per heavy atom. The Labute approximate surface area is 193 Å². The van der Waals surface area contributed by atoms with Crippen molar-refractivity contribution in [1.82, 2.24) is 14.8 Å². The number of amides is 1. The number of rotatable bonds is 8. The summed E-state index contributed by atoms with van der Waals surface area (Å²) in [4.78, 5) is 16.0. The fourth-order valence-electron chi connectivity index (χ4n) is 3.17. The quantitative estimate of drug-likeness (QED) is 0.340. The summed E-state index contributed by atoms with van der Waals surface area (Å²) >= 11 is 2.88. The van der Waals surface area contributed by atoms with Gasteiger partial charge in [-0.3, -0.25) is 4.79 Å². The molecule has 0 N–H and O–H groups in total. The van der Waals surface area contributed by atoms with Crippen LogP contribution in [0, 0.1) is 5.82 Å². The Hall–Kier alpha value is -3.17. The number of thiophene rings is 1. The summed E-state index contributed by atoms with van der Waals surface area (Å²) < 4.78 is 21.1. The van der Waals surface area contributed by atoms with Crippen LogP contribution in [0.3, 0.4) is 0 Å². The number of halogens is 1. The number of methoxy groups -OCH3 is 1. The Kier molecular flexibility index (Phi) is 6.87. The molecule has 1 amide bonds. The minimum absolute atomic E-state index is 0.0657. The average molecular weight is 469 g/mol. The van der Waals surface area contributed by atoms with Gasteiger partial charge < -0.3 is 14.2 Å². The predicted molar refractivity (Wildman–Crippen MR) is 126 cm³/mol. The highest BCUT2D eigenvalue weighted by Gasteiger charge is 2.20. The van der Waals surface area contributed by atoms with E-state index in [-0.39, 0.29) is 17.5 Å². The molecular formula is C23H21FN4O2S2. The summed E-state index contributed by atoms with van der Waals surface area (Å²) in [6.45, 7) is 0.475. The third-order valence-corrected chi connectivity index (χ3v) is 6.72. The van der Waals surface area contributed by atoms with Gasteiger partial charge >= 0.3 is 0 Å². The van der Waals surface area contributed by atoms with Crippen LogP contribution < -0.4 is 9.64 Å². The van der Waals surface area contributed by atoms with E-state index in [1.807, 2.05) is 41.8 Å². The largest absolute Gasteiger partial charge is 0.497 e. The molecular weight excluding hydrogens is 447 g/mol. The number of carbonyl (C=O) groups excluding carboxylic acids is 1. The van der Waals surface area contributed by atoms with E-state index in [9.17, 15) is 9.18 Å². The molecule has 0 aliphatic rings. The van der Waals surface area contributed by atoms with Crippen LogP contribution in [0.2, 0.25) is 0 Å². The van der Waals surface area contributed by atoms with Crippen LogP contribution in [-0.2, 0) is 18.4 Å². The topological polar surface area (TPSA) is 60.2 Å². The average Bonchev–Trinajstić information content (AvgIpc) is 3.46. The first-order chi connectivity index (χ1) is 15.6. The normalized spacial score (nSPS) is 10.8. The third-order valence-electron chi connectivity index (χ3n) is 4.85. The minimum Gasteiger partial charge on any atom is -0.497 e. The van der Waals surface area contributed by atoms with E-state index in [0.717, 1.165) is 16.3 Å². The monoisotopic (exact) mass is 468 g/mol. The highest BCUT2D eigenvalue weighted by Crippen LogP contribution is 2.27. The Balaban J connectivity index is 1.51. The van der Waals surface area contributed by atoms with E-state index >= 15 is 0 Å². The van der Waals surface area contributed by atoms with Crippen molar-refractivity contribution in [2.24, 2.45) is 7.05 Å². The Morgan fingerprint density at radius 1 is 1.12 bits per heavy atom. The minimum atomic E-state index is -0.364. The number of hydrogen-bond donors (Lipinski definition) is 0. The van der Waals surface area contributed by atoms with Gasteiger partial charge in [-0.15, -0.1) is 21.5 Å². The zero-order chi connectivity index (χ0) is 22.5. The molecule has 0 saturated carbocycles. The summed E-state index contributed by atoms with van der Waals surface area (Å²) in [5, 5.41) is 10.8. The van der Waals surface area contributed by atoms with Gasteiger partial charge in [0, 0.05) is 17.6 Å². The van der Waals surface area contributed by atoms with Gasteiger partial charge in [0.25, 0.3) is 0 Å². The molecule has 2 aromatic heterocycles. The van der Waals surface area contributed by atoms with Gasteiger partial charge in [0.2, 0.25) is 5.91 Å².